The Morgan fingerprint density at radius 3 is 1.84 bits per heavy atom. The molecule has 1 heterocycles. The third-order valence-electron chi connectivity index (χ3n) is 4.93. The summed E-state index contributed by atoms with van der Waals surface area (Å²) in [4.78, 5) is 25.9. The third-order valence-corrected chi connectivity index (χ3v) is 4.93. The molecule has 1 fully saturated rings. The predicted molar refractivity (Wildman–Crippen MR) is 162 cm³/mol. The molecule has 2 N–H and O–H groups in total. The number of carbonyl (C=O) groups excluding carboxylic acids is 2. The molecule has 202 valence electrons. The maximum absolute atomic E-state index is 12.5. The van der Waals surface area contributed by atoms with Gasteiger partial charge in [0.15, 0.2) is 0 Å². The lowest BCUT2D eigenvalue weighted by molar-refractivity contribution is -0.154. The Morgan fingerprint density at radius 1 is 0.814 bits per heavy atom. The molecule has 0 aromatic heterocycles. The van der Waals surface area contributed by atoms with Gasteiger partial charge in [-0.25, -0.2) is 4.79 Å². The maximum atomic E-state index is 12.5. The number of terminal acetylenes is 1. The van der Waals surface area contributed by atoms with E-state index in [1.807, 2.05) is 13.0 Å². The average Bonchev–Trinajstić information content (AvgIpc) is 3.50. The summed E-state index contributed by atoms with van der Waals surface area (Å²) in [6.07, 6.45) is 8.71. The van der Waals surface area contributed by atoms with Crippen molar-refractivity contribution < 1.29 is 19.1 Å². The summed E-state index contributed by atoms with van der Waals surface area (Å²) in [5, 5.41) is 0. The standard InChI is InChI=1S/C37H20N2O4/c1-3-4-5-6-7-8-9-10-11-12-13-14-15-16-17-18-19-20-21-22-26-42-34-28-32(2)27-33(29-34)31-43-37(41)35-24-23-25-39(35)36(40)30-38/h1,27-29,35H,23-25,30-31,38H2,2H3/t35-/m0/s1. The van der Waals surface area contributed by atoms with E-state index in [2.05, 4.69) is 125 Å². The van der Waals surface area contributed by atoms with Crippen molar-refractivity contribution in [3.8, 4) is 137 Å². The van der Waals surface area contributed by atoms with Crippen LogP contribution in [0.4, 0.5) is 0 Å². The fourth-order valence-electron chi connectivity index (χ4n) is 3.32. The predicted octanol–water partition coefficient (Wildman–Crippen LogP) is 0.991. The molecule has 0 radical (unpaired) electrons. The highest BCUT2D eigenvalue weighted by molar-refractivity contribution is 5.86. The number of ether oxygens (including phenoxy) is 2. The number of likely N-dealkylation sites (tertiary alicyclic amines) is 1. The highest BCUT2D eigenvalue weighted by Gasteiger charge is 2.34. The van der Waals surface area contributed by atoms with Crippen LogP contribution < -0.4 is 10.5 Å². The lowest BCUT2D eigenvalue weighted by atomic mass is 10.1. The van der Waals surface area contributed by atoms with E-state index in [4.69, 9.17) is 21.6 Å². The number of carbonyl (C=O) groups is 2. The second kappa shape index (κ2) is 20.0. The van der Waals surface area contributed by atoms with Crippen LogP contribution in [0, 0.1) is 138 Å². The summed E-state index contributed by atoms with van der Waals surface area (Å²) in [5.41, 5.74) is 7.04. The lowest BCUT2D eigenvalue weighted by Crippen LogP contribution is -2.44. The Morgan fingerprint density at radius 2 is 1.33 bits per heavy atom. The van der Waals surface area contributed by atoms with Gasteiger partial charge in [0.2, 0.25) is 5.91 Å². The zero-order valence-electron chi connectivity index (χ0n) is 23.1. The number of rotatable bonds is 5. The van der Waals surface area contributed by atoms with Crippen LogP contribution in [0.25, 0.3) is 0 Å². The first-order chi connectivity index (χ1) is 21.0. The van der Waals surface area contributed by atoms with E-state index in [0.717, 1.165) is 17.5 Å². The lowest BCUT2D eigenvalue weighted by Gasteiger charge is -2.22. The van der Waals surface area contributed by atoms with Gasteiger partial charge in [-0.15, -0.1) is 6.42 Å². The van der Waals surface area contributed by atoms with E-state index in [1.165, 1.54) is 4.90 Å². The van der Waals surface area contributed by atoms with E-state index in [1.54, 1.807) is 12.1 Å². The topological polar surface area (TPSA) is 81.9 Å². The van der Waals surface area contributed by atoms with Gasteiger partial charge in [0.1, 0.15) is 24.5 Å². The van der Waals surface area contributed by atoms with Gasteiger partial charge in [-0.05, 0) is 90.4 Å². The Hall–Kier alpha value is -6.92. The van der Waals surface area contributed by atoms with Gasteiger partial charge in [0.05, 0.1) is 6.54 Å². The first-order valence-electron chi connectivity index (χ1n) is 12.4. The molecular weight excluding hydrogens is 536 g/mol. The maximum Gasteiger partial charge on any atom is 0.329 e. The molecule has 1 saturated heterocycles. The fourth-order valence-corrected chi connectivity index (χ4v) is 3.32. The monoisotopic (exact) mass is 556 g/mol. The minimum absolute atomic E-state index is 0.0316. The van der Waals surface area contributed by atoms with Crippen LogP contribution in [-0.2, 0) is 20.9 Å². The van der Waals surface area contributed by atoms with Crippen molar-refractivity contribution in [2.24, 2.45) is 5.73 Å². The number of nitrogens with zero attached hydrogens (tertiary/aromatic N) is 1. The van der Waals surface area contributed by atoms with Crippen LogP contribution in [0.15, 0.2) is 18.2 Å². The Balaban J connectivity index is 1.81. The number of benzene rings is 1. The molecule has 6 heteroatoms. The van der Waals surface area contributed by atoms with Gasteiger partial charge in [0.25, 0.3) is 0 Å². The van der Waals surface area contributed by atoms with Crippen LogP contribution in [0.3, 0.4) is 0 Å². The summed E-state index contributed by atoms with van der Waals surface area (Å²) < 4.78 is 10.9. The van der Waals surface area contributed by atoms with Gasteiger partial charge in [-0.3, -0.25) is 4.79 Å². The van der Waals surface area contributed by atoms with Crippen LogP contribution in [0.1, 0.15) is 24.0 Å². The van der Waals surface area contributed by atoms with Crippen LogP contribution in [0.5, 0.6) is 5.75 Å². The van der Waals surface area contributed by atoms with Crippen LogP contribution in [-0.4, -0.2) is 35.9 Å². The van der Waals surface area contributed by atoms with Gasteiger partial charge < -0.3 is 20.1 Å². The minimum atomic E-state index is -0.604. The van der Waals surface area contributed by atoms with E-state index >= 15 is 0 Å². The molecule has 1 aromatic rings. The summed E-state index contributed by atoms with van der Waals surface area (Å²) in [6, 6.07) is 4.75. The molecule has 0 bridgehead atoms. The summed E-state index contributed by atoms with van der Waals surface area (Å²) in [5.74, 6) is 49.1. The van der Waals surface area contributed by atoms with Gasteiger partial charge in [-0.1, -0.05) is 6.07 Å². The van der Waals surface area contributed by atoms with E-state index in [0.29, 0.717) is 18.7 Å². The zero-order chi connectivity index (χ0) is 31.0. The van der Waals surface area contributed by atoms with Gasteiger partial charge in [0, 0.05) is 77.6 Å². The van der Waals surface area contributed by atoms with E-state index in [9.17, 15) is 9.59 Å². The molecule has 43 heavy (non-hydrogen) atoms. The van der Waals surface area contributed by atoms with Crippen molar-refractivity contribution in [1.82, 2.24) is 4.90 Å². The molecule has 1 aliphatic rings. The Labute approximate surface area is 252 Å². The third kappa shape index (κ3) is 13.6. The van der Waals surface area contributed by atoms with Crippen LogP contribution in [0.2, 0.25) is 0 Å². The average molecular weight is 557 g/mol. The number of aryl methyl sites for hydroxylation is 1. The van der Waals surface area contributed by atoms with Crippen molar-refractivity contribution in [3.05, 3.63) is 29.3 Å². The van der Waals surface area contributed by atoms with Crippen molar-refractivity contribution in [1.29, 1.82) is 0 Å². The number of esters is 1. The second-order valence-electron chi connectivity index (χ2n) is 7.93. The number of amides is 1. The Bertz CT molecular complexity index is 1950. The molecule has 6 nitrogen and oxygen atoms in total. The van der Waals surface area contributed by atoms with Gasteiger partial charge >= 0.3 is 5.97 Å². The number of hydrogen-bond acceptors (Lipinski definition) is 5. The molecule has 1 amide bonds. The highest BCUT2D eigenvalue weighted by atomic mass is 16.5. The minimum Gasteiger partial charge on any atom is -0.459 e. The van der Waals surface area contributed by atoms with E-state index in [-0.39, 0.29) is 19.1 Å². The largest absolute Gasteiger partial charge is 0.459 e. The molecule has 0 spiro atoms. The van der Waals surface area contributed by atoms with Crippen LogP contribution >= 0.6 is 0 Å². The summed E-state index contributed by atoms with van der Waals surface area (Å²) >= 11 is 0. The molecule has 0 aliphatic carbocycles. The normalized spacial score (nSPS) is 10.8. The van der Waals surface area contributed by atoms with E-state index < -0.39 is 12.0 Å². The van der Waals surface area contributed by atoms with Crippen molar-refractivity contribution in [3.63, 3.8) is 0 Å². The SMILES string of the molecule is C#CC#CC#CC#CC#CC#CC#CC#CC#CC#CC#COc1cc(C)cc(COC(=O)[C@@H]2CCCN2C(=O)CN)c1. The summed E-state index contributed by atoms with van der Waals surface area (Å²) in [7, 11) is 0. The highest BCUT2D eigenvalue weighted by Crippen LogP contribution is 2.21. The van der Waals surface area contributed by atoms with Crippen molar-refractivity contribution in [2.45, 2.75) is 32.4 Å². The molecule has 2 rings (SSSR count). The van der Waals surface area contributed by atoms with Crippen molar-refractivity contribution in [2.75, 3.05) is 13.1 Å². The fraction of sp³-hybridized carbons (Fsp3) is 0.189. The molecule has 1 atom stereocenters. The first kappa shape index (κ1) is 32.3. The smallest absolute Gasteiger partial charge is 0.329 e. The molecule has 1 aromatic carbocycles. The van der Waals surface area contributed by atoms with Crippen molar-refractivity contribution >= 4 is 11.9 Å². The molecule has 1 aliphatic heterocycles. The Kier molecular flexibility index (Phi) is 15.1. The molecule has 0 unspecified atom stereocenters. The number of nitrogens with two attached hydrogens (primary N) is 1. The molecule has 0 saturated carbocycles. The first-order valence-corrected chi connectivity index (χ1v) is 12.4. The second-order valence-corrected chi connectivity index (χ2v) is 7.93. The zero-order valence-corrected chi connectivity index (χ0v) is 23.1. The summed E-state index contributed by atoms with van der Waals surface area (Å²) in [6.45, 7) is 2.27. The molecular formula is C37H20N2O4. The van der Waals surface area contributed by atoms with Gasteiger partial charge in [-0.2, -0.15) is 0 Å². The quantitative estimate of drug-likeness (QED) is 0.433. The number of hydrogen-bond donors (Lipinski definition) is 1.